The fourth-order valence-electron chi connectivity index (χ4n) is 2.66. The molecule has 0 spiro atoms. The molecule has 1 N–H and O–H groups in total. The highest BCUT2D eigenvalue weighted by Gasteiger charge is 2.20. The van der Waals surface area contributed by atoms with E-state index in [9.17, 15) is 29.3 Å². The lowest BCUT2D eigenvalue weighted by molar-refractivity contribution is -0.384. The van der Waals surface area contributed by atoms with Crippen LogP contribution >= 0.6 is 0 Å². The van der Waals surface area contributed by atoms with E-state index in [0.717, 1.165) is 31.0 Å². The number of nitro groups is 1. The van der Waals surface area contributed by atoms with Gasteiger partial charge in [0.15, 0.2) is 6.61 Å². The van der Waals surface area contributed by atoms with Crippen molar-refractivity contribution in [1.29, 1.82) is 0 Å². The molecule has 0 unspecified atom stereocenters. The molecular formula is C23H24N2O9. The van der Waals surface area contributed by atoms with Gasteiger partial charge in [-0.1, -0.05) is 13.3 Å². The summed E-state index contributed by atoms with van der Waals surface area (Å²) in [7, 11) is 0. The molecule has 11 heteroatoms. The van der Waals surface area contributed by atoms with E-state index in [2.05, 4.69) is 5.32 Å². The number of nitro benzene ring substituents is 1. The Balaban J connectivity index is 1.97. The smallest absolute Gasteiger partial charge is 0.338 e. The second kappa shape index (κ2) is 12.7. The average molecular weight is 472 g/mol. The van der Waals surface area contributed by atoms with Crippen LogP contribution in [0.1, 0.15) is 57.8 Å². The van der Waals surface area contributed by atoms with E-state index in [1.54, 1.807) is 6.92 Å². The van der Waals surface area contributed by atoms with Crippen LogP contribution in [0.2, 0.25) is 0 Å². The molecule has 0 saturated heterocycles. The van der Waals surface area contributed by atoms with E-state index in [-0.39, 0.29) is 17.7 Å². The van der Waals surface area contributed by atoms with Crippen molar-refractivity contribution >= 4 is 35.2 Å². The molecule has 2 aromatic carbocycles. The Labute approximate surface area is 195 Å². The number of nitrogens with zero attached hydrogens (tertiary/aromatic N) is 1. The molecular weight excluding hydrogens is 448 g/mol. The Morgan fingerprint density at radius 1 is 0.853 bits per heavy atom. The van der Waals surface area contributed by atoms with Gasteiger partial charge in [0.25, 0.3) is 11.6 Å². The van der Waals surface area contributed by atoms with E-state index in [0.29, 0.717) is 17.9 Å². The molecule has 1 amide bonds. The first-order valence-corrected chi connectivity index (χ1v) is 10.5. The lowest BCUT2D eigenvalue weighted by Crippen LogP contribution is -2.21. The SMILES string of the molecule is CCCCOC(=O)c1ccc(NC(=O)COC(=O)c2cc(C(=O)OCC)cc([N+](=O)[O-])c2)cc1. The number of hydrogen-bond acceptors (Lipinski definition) is 9. The van der Waals surface area contributed by atoms with Gasteiger partial charge in [-0.05, 0) is 43.7 Å². The molecule has 0 radical (unpaired) electrons. The maximum atomic E-state index is 12.3. The molecule has 34 heavy (non-hydrogen) atoms. The van der Waals surface area contributed by atoms with Crippen molar-refractivity contribution in [1.82, 2.24) is 0 Å². The highest BCUT2D eigenvalue weighted by Crippen LogP contribution is 2.19. The molecule has 0 bridgehead atoms. The number of ether oxygens (including phenoxy) is 3. The van der Waals surface area contributed by atoms with Gasteiger partial charge in [0, 0.05) is 17.8 Å². The van der Waals surface area contributed by atoms with Crippen molar-refractivity contribution in [3.8, 4) is 0 Å². The number of esters is 3. The molecule has 0 heterocycles. The second-order valence-electron chi connectivity index (χ2n) is 6.94. The van der Waals surface area contributed by atoms with Gasteiger partial charge in [0.1, 0.15) is 0 Å². The van der Waals surface area contributed by atoms with Crippen LogP contribution in [0.4, 0.5) is 11.4 Å². The van der Waals surface area contributed by atoms with Crippen molar-refractivity contribution in [2.24, 2.45) is 0 Å². The van der Waals surface area contributed by atoms with E-state index in [1.165, 1.54) is 24.3 Å². The summed E-state index contributed by atoms with van der Waals surface area (Å²) in [6.07, 6.45) is 1.66. The number of hydrogen-bond donors (Lipinski definition) is 1. The van der Waals surface area contributed by atoms with Crippen molar-refractivity contribution in [3.63, 3.8) is 0 Å². The number of carbonyl (C=O) groups excluding carboxylic acids is 4. The molecule has 0 aromatic heterocycles. The summed E-state index contributed by atoms with van der Waals surface area (Å²) in [6.45, 7) is 3.23. The minimum Gasteiger partial charge on any atom is -0.462 e. The molecule has 11 nitrogen and oxygen atoms in total. The van der Waals surface area contributed by atoms with Gasteiger partial charge >= 0.3 is 17.9 Å². The highest BCUT2D eigenvalue weighted by molar-refractivity contribution is 5.98. The first kappa shape index (κ1) is 26.0. The van der Waals surface area contributed by atoms with Crippen molar-refractivity contribution < 1.29 is 38.3 Å². The Morgan fingerprint density at radius 3 is 2.00 bits per heavy atom. The normalized spacial score (nSPS) is 10.2. The molecule has 2 aromatic rings. The molecule has 0 saturated carbocycles. The summed E-state index contributed by atoms with van der Waals surface area (Å²) < 4.78 is 14.8. The van der Waals surface area contributed by atoms with Crippen LogP contribution in [0.25, 0.3) is 0 Å². The van der Waals surface area contributed by atoms with E-state index in [1.807, 2.05) is 6.92 Å². The van der Waals surface area contributed by atoms with Gasteiger partial charge in [-0.15, -0.1) is 0 Å². The number of anilines is 1. The fourth-order valence-corrected chi connectivity index (χ4v) is 2.66. The summed E-state index contributed by atoms with van der Waals surface area (Å²) >= 11 is 0. The molecule has 0 fully saturated rings. The maximum Gasteiger partial charge on any atom is 0.338 e. The van der Waals surface area contributed by atoms with Crippen molar-refractivity contribution in [2.45, 2.75) is 26.7 Å². The third-order valence-electron chi connectivity index (χ3n) is 4.35. The Bertz CT molecular complexity index is 1060. The molecule has 2 rings (SSSR count). The maximum absolute atomic E-state index is 12.3. The van der Waals surface area contributed by atoms with E-state index in [4.69, 9.17) is 14.2 Å². The monoisotopic (exact) mass is 472 g/mol. The lowest BCUT2D eigenvalue weighted by Gasteiger charge is -2.09. The van der Waals surface area contributed by atoms with Crippen LogP contribution in [0.15, 0.2) is 42.5 Å². The zero-order valence-corrected chi connectivity index (χ0v) is 18.7. The van der Waals surface area contributed by atoms with E-state index >= 15 is 0 Å². The summed E-state index contributed by atoms with van der Waals surface area (Å²) in [4.78, 5) is 58.6. The van der Waals surface area contributed by atoms with Crippen LogP contribution < -0.4 is 5.32 Å². The van der Waals surface area contributed by atoms with Gasteiger partial charge in [-0.3, -0.25) is 14.9 Å². The molecule has 0 aliphatic heterocycles. The van der Waals surface area contributed by atoms with Gasteiger partial charge < -0.3 is 19.5 Å². The van der Waals surface area contributed by atoms with Crippen LogP contribution in [0.5, 0.6) is 0 Å². The van der Waals surface area contributed by atoms with Gasteiger partial charge in [0.05, 0.1) is 34.8 Å². The number of unbranched alkanes of at least 4 members (excludes halogenated alkanes) is 1. The third kappa shape index (κ3) is 7.69. The van der Waals surface area contributed by atoms with Crippen LogP contribution in [0.3, 0.4) is 0 Å². The number of amides is 1. The first-order chi connectivity index (χ1) is 16.2. The molecule has 0 atom stereocenters. The third-order valence-corrected chi connectivity index (χ3v) is 4.35. The summed E-state index contributed by atoms with van der Waals surface area (Å²) in [5.41, 5.74) is -0.304. The Kier molecular flexibility index (Phi) is 9.69. The fraction of sp³-hybridized carbons (Fsp3) is 0.304. The second-order valence-corrected chi connectivity index (χ2v) is 6.94. The summed E-state index contributed by atoms with van der Waals surface area (Å²) in [5, 5.41) is 13.6. The van der Waals surface area contributed by atoms with Gasteiger partial charge in [0.2, 0.25) is 0 Å². The zero-order chi connectivity index (χ0) is 25.1. The number of nitrogens with one attached hydrogen (secondary N) is 1. The Hall–Kier alpha value is -4.28. The topological polar surface area (TPSA) is 151 Å². The largest absolute Gasteiger partial charge is 0.462 e. The summed E-state index contributed by atoms with van der Waals surface area (Å²) in [6, 6.07) is 8.94. The predicted octanol–water partition coefficient (Wildman–Crippen LogP) is 3.52. The minimum atomic E-state index is -1.03. The summed E-state index contributed by atoms with van der Waals surface area (Å²) in [5.74, 6) is -3.02. The molecule has 0 aliphatic rings. The number of rotatable bonds is 11. The van der Waals surface area contributed by atoms with Crippen molar-refractivity contribution in [2.75, 3.05) is 25.1 Å². The Morgan fingerprint density at radius 2 is 1.44 bits per heavy atom. The number of carbonyl (C=O) groups is 4. The predicted molar refractivity (Wildman–Crippen MR) is 120 cm³/mol. The van der Waals surface area contributed by atoms with Gasteiger partial charge in [-0.2, -0.15) is 0 Å². The number of benzene rings is 2. The van der Waals surface area contributed by atoms with Gasteiger partial charge in [-0.25, -0.2) is 14.4 Å². The minimum absolute atomic E-state index is 0.0441. The molecule has 180 valence electrons. The first-order valence-electron chi connectivity index (χ1n) is 10.5. The van der Waals surface area contributed by atoms with E-state index < -0.39 is 41.0 Å². The van der Waals surface area contributed by atoms with Crippen LogP contribution in [0, 0.1) is 10.1 Å². The zero-order valence-electron chi connectivity index (χ0n) is 18.7. The standard InChI is InChI=1S/C23H24N2O9/c1-3-5-10-33-21(27)15-6-8-18(9-7-15)24-20(26)14-34-23(29)17-11-16(22(28)32-4-2)12-19(13-17)25(30)31/h6-9,11-13H,3-5,10,14H2,1-2H3,(H,24,26). The lowest BCUT2D eigenvalue weighted by atomic mass is 10.1. The number of non-ortho nitro benzene ring substituents is 1. The molecule has 0 aliphatic carbocycles. The van der Waals surface area contributed by atoms with Crippen LogP contribution in [-0.4, -0.2) is 48.6 Å². The average Bonchev–Trinajstić information content (AvgIpc) is 2.82. The quantitative estimate of drug-likeness (QED) is 0.170. The highest BCUT2D eigenvalue weighted by atomic mass is 16.6. The van der Waals surface area contributed by atoms with Crippen LogP contribution in [-0.2, 0) is 19.0 Å². The van der Waals surface area contributed by atoms with Crippen molar-refractivity contribution in [3.05, 3.63) is 69.3 Å².